The minimum absolute atomic E-state index is 0.153. The summed E-state index contributed by atoms with van der Waals surface area (Å²) in [5.74, 6) is 0.0762. The van der Waals surface area contributed by atoms with Crippen molar-refractivity contribution >= 4 is 43.2 Å². The number of thiophene rings is 1. The number of hydrogen-bond donors (Lipinski definition) is 2. The molecule has 9 nitrogen and oxygen atoms in total. The van der Waals surface area contributed by atoms with Gasteiger partial charge in [-0.2, -0.15) is 0 Å². The Balaban J connectivity index is 1.58. The number of aromatic amines is 1. The second-order valence-corrected chi connectivity index (χ2v) is 9.37. The summed E-state index contributed by atoms with van der Waals surface area (Å²) in [5, 5.41) is 2.19. The van der Waals surface area contributed by atoms with Gasteiger partial charge in [0, 0.05) is 16.6 Å². The molecule has 4 rings (SSSR count). The summed E-state index contributed by atoms with van der Waals surface area (Å²) >= 11 is 1.28. The lowest BCUT2D eigenvalue weighted by Gasteiger charge is -2.13. The van der Waals surface area contributed by atoms with Gasteiger partial charge in [0.15, 0.2) is 11.9 Å². The molecule has 0 aliphatic heterocycles. The van der Waals surface area contributed by atoms with Gasteiger partial charge in [-0.25, -0.2) is 18.2 Å². The molecule has 2 N–H and O–H groups in total. The Hall–Kier alpha value is -3.44. The number of carbonyl (C=O) groups excluding carboxylic acids is 1. The molecular formula is C20H17N3O6S2. The second kappa shape index (κ2) is 8.00. The van der Waals surface area contributed by atoms with Crippen LogP contribution in [0.25, 0.3) is 21.5 Å². The van der Waals surface area contributed by atoms with Crippen LogP contribution in [0.5, 0.6) is 0 Å². The smallest absolute Gasteiger partial charge is 0.338 e. The highest BCUT2D eigenvalue weighted by molar-refractivity contribution is 7.92. The van der Waals surface area contributed by atoms with Crippen molar-refractivity contribution in [1.29, 1.82) is 0 Å². The zero-order chi connectivity index (χ0) is 22.2. The van der Waals surface area contributed by atoms with E-state index in [4.69, 9.17) is 9.15 Å². The molecule has 3 aromatic heterocycles. The van der Waals surface area contributed by atoms with Crippen LogP contribution in [0.4, 0.5) is 5.69 Å². The number of rotatable bonds is 6. The first-order valence-electron chi connectivity index (χ1n) is 9.05. The van der Waals surface area contributed by atoms with E-state index in [2.05, 4.69) is 14.7 Å². The van der Waals surface area contributed by atoms with Gasteiger partial charge in [-0.15, -0.1) is 11.3 Å². The lowest BCUT2D eigenvalue weighted by molar-refractivity contribution is 0.0320. The first-order valence-corrected chi connectivity index (χ1v) is 11.8. The molecule has 0 fully saturated rings. The number of hydrogen-bond acceptors (Lipinski definition) is 8. The van der Waals surface area contributed by atoms with Gasteiger partial charge in [0.25, 0.3) is 5.56 Å². The SMILES string of the molecule is CC(OC(=O)c1cccc(NS(C)(=O)=O)c1)c1nc2scc(-c3ccco3)c2c(=O)[nH]1. The van der Waals surface area contributed by atoms with Crippen molar-refractivity contribution in [3.63, 3.8) is 0 Å². The van der Waals surface area contributed by atoms with E-state index in [1.54, 1.807) is 24.4 Å². The zero-order valence-corrected chi connectivity index (χ0v) is 18.0. The highest BCUT2D eigenvalue weighted by Crippen LogP contribution is 2.31. The van der Waals surface area contributed by atoms with Gasteiger partial charge in [0.2, 0.25) is 10.0 Å². The molecule has 3 heterocycles. The second-order valence-electron chi connectivity index (χ2n) is 6.76. The van der Waals surface area contributed by atoms with Crippen LogP contribution in [-0.4, -0.2) is 30.6 Å². The van der Waals surface area contributed by atoms with Crippen molar-refractivity contribution in [2.75, 3.05) is 11.0 Å². The number of nitrogens with one attached hydrogen (secondary N) is 2. The molecule has 0 saturated carbocycles. The standard InChI is InChI=1S/C20H17N3O6S2/c1-11(29-20(25)12-5-3-6-13(9-12)23-31(2,26)27)17-21-18(24)16-14(10-30-19(16)22-17)15-7-4-8-28-15/h3-11,23H,1-2H3,(H,21,22,24). The third-order valence-corrected chi connectivity index (χ3v) is 5.80. The van der Waals surface area contributed by atoms with Crippen LogP contribution in [0.3, 0.4) is 0 Å². The molecule has 0 aliphatic carbocycles. The van der Waals surface area contributed by atoms with Crippen molar-refractivity contribution in [3.8, 4) is 11.3 Å². The largest absolute Gasteiger partial charge is 0.464 e. The lowest BCUT2D eigenvalue weighted by Crippen LogP contribution is -2.17. The van der Waals surface area contributed by atoms with Gasteiger partial charge < -0.3 is 14.1 Å². The molecule has 0 bridgehead atoms. The molecule has 1 atom stereocenters. The maximum Gasteiger partial charge on any atom is 0.338 e. The average Bonchev–Trinajstić information content (AvgIpc) is 3.36. The average molecular weight is 460 g/mol. The molecule has 1 aromatic carbocycles. The maximum atomic E-state index is 12.7. The van der Waals surface area contributed by atoms with E-state index in [-0.39, 0.29) is 22.6 Å². The molecule has 0 spiro atoms. The van der Waals surface area contributed by atoms with Gasteiger partial charge in [-0.05, 0) is 37.3 Å². The predicted molar refractivity (Wildman–Crippen MR) is 117 cm³/mol. The van der Waals surface area contributed by atoms with Crippen LogP contribution >= 0.6 is 11.3 Å². The molecule has 0 aliphatic rings. The van der Waals surface area contributed by atoms with Crippen LogP contribution < -0.4 is 10.3 Å². The Bertz CT molecular complexity index is 1420. The molecule has 0 amide bonds. The monoisotopic (exact) mass is 459 g/mol. The number of carbonyl (C=O) groups is 1. The van der Waals surface area contributed by atoms with E-state index < -0.39 is 22.1 Å². The van der Waals surface area contributed by atoms with E-state index >= 15 is 0 Å². The fraction of sp³-hybridized carbons (Fsp3) is 0.150. The van der Waals surface area contributed by atoms with Gasteiger partial charge >= 0.3 is 5.97 Å². The molecule has 11 heteroatoms. The Morgan fingerprint density at radius 1 is 1.29 bits per heavy atom. The number of furan rings is 1. The Morgan fingerprint density at radius 3 is 2.81 bits per heavy atom. The summed E-state index contributed by atoms with van der Waals surface area (Å²) in [4.78, 5) is 32.8. The highest BCUT2D eigenvalue weighted by atomic mass is 32.2. The number of H-pyrrole nitrogens is 1. The number of esters is 1. The number of nitrogens with zero attached hydrogens (tertiary/aromatic N) is 1. The van der Waals surface area contributed by atoms with Crippen LogP contribution in [0.15, 0.2) is 57.3 Å². The van der Waals surface area contributed by atoms with Crippen LogP contribution in [0, 0.1) is 0 Å². The minimum Gasteiger partial charge on any atom is -0.464 e. The third kappa shape index (κ3) is 4.52. The van der Waals surface area contributed by atoms with E-state index in [0.29, 0.717) is 21.5 Å². The number of anilines is 1. The van der Waals surface area contributed by atoms with Crippen molar-refractivity contribution < 1.29 is 22.4 Å². The lowest BCUT2D eigenvalue weighted by atomic mass is 10.2. The van der Waals surface area contributed by atoms with Crippen molar-refractivity contribution in [1.82, 2.24) is 9.97 Å². The minimum atomic E-state index is -3.48. The van der Waals surface area contributed by atoms with Gasteiger partial charge in [-0.1, -0.05) is 6.07 Å². The Morgan fingerprint density at radius 2 is 2.10 bits per heavy atom. The first kappa shape index (κ1) is 20.8. The topological polar surface area (TPSA) is 131 Å². The Labute approximate surface area is 180 Å². The van der Waals surface area contributed by atoms with Crippen LogP contribution in [0.1, 0.15) is 29.2 Å². The fourth-order valence-corrected chi connectivity index (χ4v) is 4.47. The van der Waals surface area contributed by atoms with E-state index in [1.165, 1.54) is 41.9 Å². The van der Waals surface area contributed by atoms with Crippen molar-refractivity contribution in [3.05, 3.63) is 69.8 Å². The third-order valence-electron chi connectivity index (χ3n) is 4.32. The summed E-state index contributed by atoms with van der Waals surface area (Å²) in [6.45, 7) is 1.58. The summed E-state index contributed by atoms with van der Waals surface area (Å²) in [7, 11) is -3.48. The summed E-state index contributed by atoms with van der Waals surface area (Å²) in [6.07, 6.45) is 1.70. The Kier molecular flexibility index (Phi) is 5.38. The number of aromatic nitrogens is 2. The molecule has 0 radical (unpaired) electrons. The predicted octanol–water partition coefficient (Wildman–Crippen LogP) is 3.53. The van der Waals surface area contributed by atoms with Crippen molar-refractivity contribution in [2.24, 2.45) is 0 Å². The highest BCUT2D eigenvalue weighted by Gasteiger charge is 2.20. The maximum absolute atomic E-state index is 12.7. The van der Waals surface area contributed by atoms with E-state index in [0.717, 1.165) is 6.26 Å². The first-order chi connectivity index (χ1) is 14.7. The molecule has 0 saturated heterocycles. The quantitative estimate of drug-likeness (QED) is 0.422. The summed E-state index contributed by atoms with van der Waals surface area (Å²) in [5.41, 5.74) is 0.668. The molecule has 1 unspecified atom stereocenters. The zero-order valence-electron chi connectivity index (χ0n) is 16.4. The molecule has 4 aromatic rings. The van der Waals surface area contributed by atoms with Crippen LogP contribution in [0.2, 0.25) is 0 Å². The molecular weight excluding hydrogens is 442 g/mol. The van der Waals surface area contributed by atoms with Gasteiger partial charge in [0.05, 0.1) is 23.5 Å². The van der Waals surface area contributed by atoms with Gasteiger partial charge in [-0.3, -0.25) is 9.52 Å². The summed E-state index contributed by atoms with van der Waals surface area (Å²) < 4.78 is 35.9. The van der Waals surface area contributed by atoms with Gasteiger partial charge in [0.1, 0.15) is 10.6 Å². The normalized spacial score (nSPS) is 12.6. The molecule has 160 valence electrons. The molecule has 31 heavy (non-hydrogen) atoms. The van der Waals surface area contributed by atoms with E-state index in [1.807, 2.05) is 0 Å². The fourth-order valence-electron chi connectivity index (χ4n) is 2.98. The van der Waals surface area contributed by atoms with E-state index in [9.17, 15) is 18.0 Å². The van der Waals surface area contributed by atoms with Crippen molar-refractivity contribution in [2.45, 2.75) is 13.0 Å². The number of benzene rings is 1. The summed E-state index contributed by atoms with van der Waals surface area (Å²) in [6, 6.07) is 9.40. The number of ether oxygens (including phenoxy) is 1. The van der Waals surface area contributed by atoms with Crippen LogP contribution in [-0.2, 0) is 14.8 Å². The number of sulfonamides is 1. The number of fused-ring (bicyclic) bond motifs is 1.